The predicted molar refractivity (Wildman–Crippen MR) is 154 cm³/mol. The number of halogens is 2. The molecule has 0 aliphatic carbocycles. The number of benzene rings is 3. The summed E-state index contributed by atoms with van der Waals surface area (Å²) >= 11 is 5.96. The number of ether oxygens (including phenoxy) is 3. The van der Waals surface area contributed by atoms with Crippen LogP contribution in [0.25, 0.3) is 11.0 Å². The zero-order valence-electron chi connectivity index (χ0n) is 22.8. The van der Waals surface area contributed by atoms with E-state index in [1.54, 1.807) is 12.1 Å². The molecule has 0 saturated carbocycles. The molecule has 9 heteroatoms. The van der Waals surface area contributed by atoms with E-state index in [2.05, 4.69) is 15.5 Å². The van der Waals surface area contributed by atoms with Gasteiger partial charge < -0.3 is 23.9 Å². The normalized spacial score (nSPS) is 21.2. The van der Waals surface area contributed by atoms with Gasteiger partial charge in [-0.3, -0.25) is 4.90 Å². The van der Waals surface area contributed by atoms with Gasteiger partial charge in [-0.05, 0) is 74.2 Å². The molecule has 4 heterocycles. The number of likely N-dealkylation sites (tertiary alicyclic amines) is 1. The molecule has 1 N–H and O–H groups in total. The van der Waals surface area contributed by atoms with Crippen LogP contribution in [0.1, 0.15) is 53.8 Å². The number of fused-ring (bicyclic) bond motifs is 2. The van der Waals surface area contributed by atoms with Gasteiger partial charge in [0.15, 0.2) is 17.6 Å². The highest BCUT2D eigenvalue weighted by Gasteiger charge is 2.31. The molecule has 3 aliphatic heterocycles. The Labute approximate surface area is 243 Å². The molecule has 0 amide bonds. The molecule has 1 aromatic heterocycles. The predicted octanol–water partition coefficient (Wildman–Crippen LogP) is 6.00. The van der Waals surface area contributed by atoms with Gasteiger partial charge in [-0.15, -0.1) is 0 Å². The fourth-order valence-electron chi connectivity index (χ4n) is 6.23. The second kappa shape index (κ2) is 11.2. The van der Waals surface area contributed by atoms with Crippen LogP contribution in [0.15, 0.2) is 54.6 Å². The van der Waals surface area contributed by atoms with Crippen LogP contribution in [0.2, 0.25) is 5.02 Å². The number of hydrogen-bond donors (Lipinski definition) is 1. The van der Waals surface area contributed by atoms with E-state index in [-0.39, 0.29) is 25.1 Å². The number of imidazole rings is 1. The zero-order valence-corrected chi connectivity index (χ0v) is 23.5. The summed E-state index contributed by atoms with van der Waals surface area (Å²) in [4.78, 5) is 7.45. The average Bonchev–Trinajstić information content (AvgIpc) is 3.30. The SMILES string of the molecule is OCc1ccc2nc(CN3CCC(c4cccc5c4O[C@@H](c4ccc(Cl)cc4F)CO5)CC3)n(C[C@@H]3CCO3)c2c1. The molecule has 7 nitrogen and oxygen atoms in total. The number of para-hydroxylation sites is 1. The van der Waals surface area contributed by atoms with Gasteiger partial charge in [0.25, 0.3) is 0 Å². The summed E-state index contributed by atoms with van der Waals surface area (Å²) in [6.45, 7) is 4.46. The lowest BCUT2D eigenvalue weighted by molar-refractivity contribution is -0.0592. The van der Waals surface area contributed by atoms with Gasteiger partial charge in [0.1, 0.15) is 18.2 Å². The molecule has 2 saturated heterocycles. The van der Waals surface area contributed by atoms with Gasteiger partial charge in [0.2, 0.25) is 0 Å². The maximum Gasteiger partial charge on any atom is 0.165 e. The molecular formula is C32H33ClFN3O4. The number of aromatic nitrogens is 2. The number of aliphatic hydroxyl groups is 1. The molecule has 7 rings (SSSR count). The summed E-state index contributed by atoms with van der Waals surface area (Å²) in [6.07, 6.45) is 2.69. The first kappa shape index (κ1) is 26.7. The molecule has 0 spiro atoms. The third kappa shape index (κ3) is 5.30. The van der Waals surface area contributed by atoms with Crippen molar-refractivity contribution in [1.29, 1.82) is 0 Å². The first-order valence-corrected chi connectivity index (χ1v) is 14.7. The van der Waals surface area contributed by atoms with Crippen LogP contribution in [-0.4, -0.2) is 52.0 Å². The summed E-state index contributed by atoms with van der Waals surface area (Å²) < 4.78 is 35.1. The van der Waals surface area contributed by atoms with E-state index in [9.17, 15) is 9.50 Å². The fraction of sp³-hybridized carbons (Fsp3) is 0.406. The first-order chi connectivity index (χ1) is 20.1. The summed E-state index contributed by atoms with van der Waals surface area (Å²) in [6, 6.07) is 16.7. The Balaban J connectivity index is 1.07. The molecule has 214 valence electrons. The second-order valence-corrected chi connectivity index (χ2v) is 11.6. The van der Waals surface area contributed by atoms with Crippen molar-refractivity contribution in [2.45, 2.75) is 57.1 Å². The first-order valence-electron chi connectivity index (χ1n) is 14.4. The van der Waals surface area contributed by atoms with Crippen LogP contribution in [0.4, 0.5) is 4.39 Å². The Hall–Kier alpha value is -3.17. The monoisotopic (exact) mass is 577 g/mol. The van der Waals surface area contributed by atoms with E-state index in [0.717, 1.165) is 85.8 Å². The number of rotatable bonds is 7. The zero-order chi connectivity index (χ0) is 27.9. The Morgan fingerprint density at radius 3 is 2.63 bits per heavy atom. The maximum absolute atomic E-state index is 14.7. The van der Waals surface area contributed by atoms with Crippen molar-refractivity contribution in [2.75, 3.05) is 26.3 Å². The van der Waals surface area contributed by atoms with Crippen LogP contribution in [0.3, 0.4) is 0 Å². The Morgan fingerprint density at radius 1 is 1.02 bits per heavy atom. The molecule has 4 aromatic rings. The van der Waals surface area contributed by atoms with Gasteiger partial charge in [-0.1, -0.05) is 35.9 Å². The van der Waals surface area contributed by atoms with Crippen molar-refractivity contribution in [3.63, 3.8) is 0 Å². The van der Waals surface area contributed by atoms with Crippen LogP contribution in [-0.2, 0) is 24.4 Å². The lowest BCUT2D eigenvalue weighted by Crippen LogP contribution is -2.35. The van der Waals surface area contributed by atoms with E-state index in [1.807, 2.05) is 30.3 Å². The maximum atomic E-state index is 14.7. The number of nitrogens with zero attached hydrogens (tertiary/aromatic N) is 3. The van der Waals surface area contributed by atoms with Gasteiger partial charge in [-0.25, -0.2) is 9.37 Å². The minimum absolute atomic E-state index is 0.0111. The number of hydrogen-bond acceptors (Lipinski definition) is 6. The largest absolute Gasteiger partial charge is 0.485 e. The van der Waals surface area contributed by atoms with Crippen molar-refractivity contribution < 1.29 is 23.7 Å². The summed E-state index contributed by atoms with van der Waals surface area (Å²) in [5, 5.41) is 10.0. The van der Waals surface area contributed by atoms with E-state index >= 15 is 0 Å². The Kier molecular flexibility index (Phi) is 7.33. The number of aliphatic hydroxyl groups excluding tert-OH is 1. The van der Waals surface area contributed by atoms with Gasteiger partial charge in [0, 0.05) is 22.8 Å². The summed E-state index contributed by atoms with van der Waals surface area (Å²) in [7, 11) is 0. The van der Waals surface area contributed by atoms with E-state index in [0.29, 0.717) is 22.3 Å². The Morgan fingerprint density at radius 2 is 1.88 bits per heavy atom. The van der Waals surface area contributed by atoms with E-state index in [4.69, 9.17) is 30.8 Å². The molecule has 0 radical (unpaired) electrons. The molecule has 3 aromatic carbocycles. The molecule has 41 heavy (non-hydrogen) atoms. The minimum atomic E-state index is -0.528. The van der Waals surface area contributed by atoms with Crippen molar-refractivity contribution in [3.8, 4) is 11.5 Å². The highest BCUT2D eigenvalue weighted by atomic mass is 35.5. The van der Waals surface area contributed by atoms with Crippen molar-refractivity contribution in [2.24, 2.45) is 0 Å². The van der Waals surface area contributed by atoms with Gasteiger partial charge in [-0.2, -0.15) is 0 Å². The standard InChI is InChI=1S/C32H33ClFN3O4/c33-22-5-6-25(26(34)15-22)30-19-40-29-3-1-2-24(32(29)41-30)21-8-11-36(12-9-21)17-31-35-27-7-4-20(18-38)14-28(27)37(31)16-23-10-13-39-23/h1-7,14-15,21,23,30,38H,8-13,16-19H2/t23-,30+/m0/s1. The fourth-order valence-corrected chi connectivity index (χ4v) is 6.39. The quantitative estimate of drug-likeness (QED) is 0.290. The van der Waals surface area contributed by atoms with Crippen molar-refractivity contribution in [3.05, 3.63) is 88.0 Å². The lowest BCUT2D eigenvalue weighted by Gasteiger charge is -2.35. The van der Waals surface area contributed by atoms with E-state index < -0.39 is 6.10 Å². The molecule has 0 unspecified atom stereocenters. The third-order valence-electron chi connectivity index (χ3n) is 8.62. The Bertz CT molecular complexity index is 1560. The highest BCUT2D eigenvalue weighted by Crippen LogP contribution is 2.45. The topological polar surface area (TPSA) is 69.0 Å². The molecule has 3 aliphatic rings. The third-order valence-corrected chi connectivity index (χ3v) is 8.85. The van der Waals surface area contributed by atoms with Crippen LogP contribution in [0, 0.1) is 5.82 Å². The summed E-state index contributed by atoms with van der Waals surface area (Å²) in [5.41, 5.74) is 4.46. The van der Waals surface area contributed by atoms with Crippen molar-refractivity contribution in [1.82, 2.24) is 14.5 Å². The van der Waals surface area contributed by atoms with Crippen LogP contribution < -0.4 is 9.47 Å². The average molecular weight is 578 g/mol. The van der Waals surface area contributed by atoms with Crippen molar-refractivity contribution >= 4 is 22.6 Å². The van der Waals surface area contributed by atoms with Crippen LogP contribution >= 0.6 is 11.6 Å². The highest BCUT2D eigenvalue weighted by molar-refractivity contribution is 6.30. The van der Waals surface area contributed by atoms with Gasteiger partial charge >= 0.3 is 0 Å². The number of piperidine rings is 1. The summed E-state index contributed by atoms with van der Waals surface area (Å²) in [5.74, 6) is 2.39. The van der Waals surface area contributed by atoms with Crippen LogP contribution in [0.5, 0.6) is 11.5 Å². The van der Waals surface area contributed by atoms with E-state index in [1.165, 1.54) is 6.07 Å². The lowest BCUT2D eigenvalue weighted by atomic mass is 9.88. The minimum Gasteiger partial charge on any atom is -0.485 e. The second-order valence-electron chi connectivity index (χ2n) is 11.2. The van der Waals surface area contributed by atoms with Gasteiger partial charge in [0.05, 0.1) is 36.8 Å². The molecule has 2 atom stereocenters. The smallest absolute Gasteiger partial charge is 0.165 e. The molecular weight excluding hydrogens is 545 g/mol. The molecule has 2 fully saturated rings. The molecule has 0 bridgehead atoms.